The molecule has 0 saturated carbocycles. The highest BCUT2D eigenvalue weighted by molar-refractivity contribution is 14.1. The second-order valence-corrected chi connectivity index (χ2v) is 9.56. The van der Waals surface area contributed by atoms with Crippen LogP contribution in [0.25, 0.3) is 0 Å². The first-order valence-corrected chi connectivity index (χ1v) is 11.0. The van der Waals surface area contributed by atoms with Crippen LogP contribution in [0.1, 0.15) is 43.1 Å². The van der Waals surface area contributed by atoms with Crippen molar-refractivity contribution in [3.63, 3.8) is 0 Å². The monoisotopic (exact) mass is 522 g/mol. The Balaban J connectivity index is 1.56. The molecule has 0 aliphatic carbocycles. The van der Waals surface area contributed by atoms with E-state index in [0.29, 0.717) is 12.1 Å². The van der Waals surface area contributed by atoms with Gasteiger partial charge in [-0.2, -0.15) is 0 Å². The van der Waals surface area contributed by atoms with Crippen LogP contribution in [0.15, 0.2) is 36.5 Å². The molecule has 1 aromatic heterocycles. The minimum atomic E-state index is -0.517. The second kappa shape index (κ2) is 9.20. The Kier molecular flexibility index (Phi) is 6.84. The fourth-order valence-corrected chi connectivity index (χ4v) is 3.66. The van der Waals surface area contributed by atoms with Gasteiger partial charge in [0, 0.05) is 28.5 Å². The third-order valence-corrected chi connectivity index (χ3v) is 5.84. The molecule has 1 atom stereocenters. The van der Waals surface area contributed by atoms with Gasteiger partial charge >= 0.3 is 6.09 Å². The molecule has 160 valence electrons. The summed E-state index contributed by atoms with van der Waals surface area (Å²) < 4.78 is 6.42. The molecule has 8 heteroatoms. The van der Waals surface area contributed by atoms with E-state index >= 15 is 0 Å². The Bertz CT molecular complexity index is 925. The number of carbonyl (C=O) groups is 2. The van der Waals surface area contributed by atoms with E-state index in [1.165, 1.54) is 5.56 Å². The first kappa shape index (κ1) is 22.3. The highest BCUT2D eigenvalue weighted by atomic mass is 127. The zero-order valence-corrected chi connectivity index (χ0v) is 19.8. The van der Waals surface area contributed by atoms with Crippen molar-refractivity contribution in [2.24, 2.45) is 0 Å². The van der Waals surface area contributed by atoms with Crippen LogP contribution in [0.2, 0.25) is 0 Å². The molecule has 2 heterocycles. The van der Waals surface area contributed by atoms with Crippen molar-refractivity contribution >= 4 is 46.1 Å². The number of benzene rings is 1. The summed E-state index contributed by atoms with van der Waals surface area (Å²) in [6.45, 7) is 8.99. The van der Waals surface area contributed by atoms with Crippen molar-refractivity contribution in [2.45, 2.75) is 45.8 Å². The molecule has 1 aliphatic heterocycles. The zero-order chi connectivity index (χ0) is 21.9. The van der Waals surface area contributed by atoms with E-state index in [1.807, 2.05) is 52.0 Å². The number of pyridine rings is 1. The fraction of sp³-hybridized carbons (Fsp3) is 0.409. The predicted octanol–water partition coefficient (Wildman–Crippen LogP) is 4.35. The summed E-state index contributed by atoms with van der Waals surface area (Å²) in [5.41, 5.74) is 1.91. The number of halogens is 1. The summed E-state index contributed by atoms with van der Waals surface area (Å²) in [5, 5.41) is 5.81. The molecule has 0 spiro atoms. The summed E-state index contributed by atoms with van der Waals surface area (Å²) in [4.78, 5) is 31.0. The summed E-state index contributed by atoms with van der Waals surface area (Å²) in [7, 11) is 0. The Hall–Kier alpha value is -2.36. The highest BCUT2D eigenvalue weighted by Gasteiger charge is 2.27. The van der Waals surface area contributed by atoms with Crippen molar-refractivity contribution < 1.29 is 14.3 Å². The molecule has 2 amide bonds. The largest absolute Gasteiger partial charge is 0.444 e. The SMILES string of the molecule is Cc1ccc(NC(=O)c2ccc(N3CCC(NC(=O)OC(C)(C)C)C3)nc2)cc1I. The van der Waals surface area contributed by atoms with Crippen LogP contribution in [0.3, 0.4) is 0 Å². The number of hydrogen-bond donors (Lipinski definition) is 2. The lowest BCUT2D eigenvalue weighted by atomic mass is 10.2. The van der Waals surface area contributed by atoms with Crippen LogP contribution in [0.5, 0.6) is 0 Å². The number of nitrogens with zero attached hydrogens (tertiary/aromatic N) is 2. The molecule has 2 aromatic rings. The van der Waals surface area contributed by atoms with E-state index in [-0.39, 0.29) is 11.9 Å². The van der Waals surface area contributed by atoms with Gasteiger partial charge in [0.25, 0.3) is 5.91 Å². The van der Waals surface area contributed by atoms with Gasteiger partial charge in [-0.25, -0.2) is 9.78 Å². The smallest absolute Gasteiger partial charge is 0.407 e. The maximum atomic E-state index is 12.5. The van der Waals surface area contributed by atoms with Gasteiger partial charge in [-0.3, -0.25) is 4.79 Å². The first-order valence-electron chi connectivity index (χ1n) is 9.89. The number of nitrogens with one attached hydrogen (secondary N) is 2. The van der Waals surface area contributed by atoms with Crippen molar-refractivity contribution in [3.8, 4) is 0 Å². The summed E-state index contributed by atoms with van der Waals surface area (Å²) in [5.74, 6) is 0.588. The quantitative estimate of drug-likeness (QED) is 0.584. The lowest BCUT2D eigenvalue weighted by Gasteiger charge is -2.22. The maximum Gasteiger partial charge on any atom is 0.407 e. The topological polar surface area (TPSA) is 83.6 Å². The van der Waals surface area contributed by atoms with E-state index in [4.69, 9.17) is 4.74 Å². The Morgan fingerprint density at radius 2 is 2.00 bits per heavy atom. The third-order valence-electron chi connectivity index (χ3n) is 4.67. The number of rotatable bonds is 4. The maximum absolute atomic E-state index is 12.5. The van der Waals surface area contributed by atoms with Crippen LogP contribution >= 0.6 is 22.6 Å². The van der Waals surface area contributed by atoms with E-state index in [9.17, 15) is 9.59 Å². The number of carbonyl (C=O) groups excluding carboxylic acids is 2. The van der Waals surface area contributed by atoms with Crippen molar-refractivity contribution in [1.82, 2.24) is 10.3 Å². The minimum absolute atomic E-state index is 0.00800. The summed E-state index contributed by atoms with van der Waals surface area (Å²) in [6.07, 6.45) is 1.99. The molecule has 7 nitrogen and oxygen atoms in total. The lowest BCUT2D eigenvalue weighted by Crippen LogP contribution is -2.40. The Morgan fingerprint density at radius 3 is 2.63 bits per heavy atom. The molecule has 1 aliphatic rings. The second-order valence-electron chi connectivity index (χ2n) is 8.40. The summed E-state index contributed by atoms with van der Waals surface area (Å²) >= 11 is 2.25. The van der Waals surface area contributed by atoms with E-state index in [1.54, 1.807) is 12.3 Å². The van der Waals surface area contributed by atoms with E-state index < -0.39 is 11.7 Å². The van der Waals surface area contributed by atoms with E-state index in [0.717, 1.165) is 28.0 Å². The van der Waals surface area contributed by atoms with Crippen molar-refractivity contribution in [3.05, 3.63) is 51.2 Å². The van der Waals surface area contributed by atoms with Crippen molar-refractivity contribution in [2.75, 3.05) is 23.3 Å². The van der Waals surface area contributed by atoms with Crippen LogP contribution in [-0.4, -0.2) is 41.7 Å². The van der Waals surface area contributed by atoms with Gasteiger partial charge in [0.2, 0.25) is 0 Å². The molecule has 30 heavy (non-hydrogen) atoms. The van der Waals surface area contributed by atoms with Crippen LogP contribution in [0, 0.1) is 10.5 Å². The molecular weight excluding hydrogens is 495 g/mol. The van der Waals surface area contributed by atoms with Gasteiger partial charge in [0.15, 0.2) is 0 Å². The number of alkyl carbamates (subject to hydrolysis) is 1. The Labute approximate surface area is 190 Å². The average molecular weight is 522 g/mol. The van der Waals surface area contributed by atoms with Gasteiger partial charge in [-0.05, 0) is 86.5 Å². The summed E-state index contributed by atoms with van der Waals surface area (Å²) in [6, 6.07) is 9.42. The number of hydrogen-bond acceptors (Lipinski definition) is 5. The lowest BCUT2D eigenvalue weighted by molar-refractivity contribution is 0.0509. The molecule has 3 rings (SSSR count). The number of anilines is 2. The standard InChI is InChI=1S/C22H27IN4O3/c1-14-5-7-16(11-18(14)23)25-20(28)15-6-8-19(24-12-15)27-10-9-17(13-27)26-21(29)30-22(2,3)4/h5-8,11-12,17H,9-10,13H2,1-4H3,(H,25,28)(H,26,29). The fourth-order valence-electron chi connectivity index (χ4n) is 3.14. The van der Waals surface area contributed by atoms with Gasteiger partial charge in [0.05, 0.1) is 11.6 Å². The molecule has 0 bridgehead atoms. The van der Waals surface area contributed by atoms with E-state index in [2.05, 4.69) is 43.1 Å². The third kappa shape index (κ3) is 6.07. The zero-order valence-electron chi connectivity index (χ0n) is 17.7. The molecule has 1 saturated heterocycles. The number of aromatic nitrogens is 1. The van der Waals surface area contributed by atoms with Gasteiger partial charge in [-0.1, -0.05) is 6.07 Å². The molecule has 0 radical (unpaired) electrons. The average Bonchev–Trinajstić information content (AvgIpc) is 3.11. The van der Waals surface area contributed by atoms with Crippen LogP contribution in [-0.2, 0) is 4.74 Å². The minimum Gasteiger partial charge on any atom is -0.444 e. The number of aryl methyl sites for hydroxylation is 1. The normalized spacial score (nSPS) is 16.3. The van der Waals surface area contributed by atoms with Gasteiger partial charge in [-0.15, -0.1) is 0 Å². The molecule has 2 N–H and O–H groups in total. The molecule has 1 aromatic carbocycles. The Morgan fingerprint density at radius 1 is 1.23 bits per heavy atom. The predicted molar refractivity (Wildman–Crippen MR) is 126 cm³/mol. The number of amides is 2. The first-order chi connectivity index (χ1) is 14.1. The molecular formula is C22H27IN4O3. The van der Waals surface area contributed by atoms with Crippen LogP contribution < -0.4 is 15.5 Å². The highest BCUT2D eigenvalue weighted by Crippen LogP contribution is 2.20. The van der Waals surface area contributed by atoms with Crippen molar-refractivity contribution in [1.29, 1.82) is 0 Å². The van der Waals surface area contributed by atoms with Gasteiger partial charge < -0.3 is 20.3 Å². The van der Waals surface area contributed by atoms with Crippen LogP contribution in [0.4, 0.5) is 16.3 Å². The molecule has 1 unspecified atom stereocenters. The number of ether oxygens (including phenoxy) is 1. The molecule has 1 fully saturated rings. The van der Waals surface area contributed by atoms with Gasteiger partial charge in [0.1, 0.15) is 11.4 Å².